The number of amides is 1. The van der Waals surface area contributed by atoms with Gasteiger partial charge in [-0.25, -0.2) is 17.5 Å². The Morgan fingerprint density at radius 1 is 1.36 bits per heavy atom. The third-order valence-electron chi connectivity index (χ3n) is 3.11. The maximum atomic E-state index is 13.0. The minimum absolute atomic E-state index is 0.0279. The van der Waals surface area contributed by atoms with Crippen molar-refractivity contribution in [3.63, 3.8) is 0 Å². The van der Waals surface area contributed by atoms with Crippen molar-refractivity contribution in [1.29, 1.82) is 0 Å². The van der Waals surface area contributed by atoms with Crippen LogP contribution < -0.4 is 4.72 Å². The number of aryl methyl sites for hydroxylation is 1. The highest BCUT2D eigenvalue weighted by atomic mass is 32.2. The van der Waals surface area contributed by atoms with Crippen molar-refractivity contribution in [2.45, 2.75) is 18.7 Å². The van der Waals surface area contributed by atoms with Crippen LogP contribution >= 0.6 is 0 Å². The zero-order valence-electron chi connectivity index (χ0n) is 12.9. The van der Waals surface area contributed by atoms with Crippen molar-refractivity contribution in [1.82, 2.24) is 9.62 Å². The van der Waals surface area contributed by atoms with E-state index in [9.17, 15) is 17.6 Å². The molecule has 0 spiro atoms. The zero-order chi connectivity index (χ0) is 16.8. The van der Waals surface area contributed by atoms with Crippen LogP contribution in [0, 0.1) is 12.7 Å². The monoisotopic (exact) mass is 332 g/mol. The summed E-state index contributed by atoms with van der Waals surface area (Å²) in [5, 5.41) is 0. The second-order valence-electron chi connectivity index (χ2n) is 4.81. The molecular weight excluding hydrogens is 311 g/mol. The second-order valence-corrected chi connectivity index (χ2v) is 6.54. The molecule has 0 fully saturated rings. The summed E-state index contributed by atoms with van der Waals surface area (Å²) in [4.78, 5) is 12.9. The number of hydrogen-bond donors (Lipinski definition) is 1. The first-order valence-corrected chi connectivity index (χ1v) is 8.26. The quantitative estimate of drug-likeness (QED) is 0.768. The van der Waals surface area contributed by atoms with Gasteiger partial charge in [0.1, 0.15) is 5.82 Å². The number of rotatable bonds is 8. The van der Waals surface area contributed by atoms with E-state index in [0.29, 0.717) is 18.7 Å². The first kappa shape index (κ1) is 18.5. The average molecular weight is 332 g/mol. The molecule has 0 radical (unpaired) electrons. The molecule has 0 aliphatic heterocycles. The van der Waals surface area contributed by atoms with Gasteiger partial charge in [-0.2, -0.15) is 0 Å². The molecule has 0 aliphatic carbocycles. The van der Waals surface area contributed by atoms with Gasteiger partial charge >= 0.3 is 0 Å². The van der Waals surface area contributed by atoms with Crippen LogP contribution in [0.3, 0.4) is 0 Å². The number of nitrogens with zero attached hydrogens (tertiary/aromatic N) is 1. The molecule has 0 aliphatic rings. The van der Waals surface area contributed by atoms with E-state index in [4.69, 9.17) is 4.74 Å². The molecule has 6 nitrogen and oxygen atoms in total. The van der Waals surface area contributed by atoms with E-state index >= 15 is 0 Å². The van der Waals surface area contributed by atoms with Gasteiger partial charge in [0, 0.05) is 33.7 Å². The highest BCUT2D eigenvalue weighted by Crippen LogP contribution is 2.15. The molecule has 124 valence electrons. The van der Waals surface area contributed by atoms with Crippen LogP contribution in [0.2, 0.25) is 0 Å². The average Bonchev–Trinajstić information content (AvgIpc) is 2.41. The Kier molecular flexibility index (Phi) is 6.92. The van der Waals surface area contributed by atoms with Crippen LogP contribution in [0.4, 0.5) is 4.39 Å². The Morgan fingerprint density at radius 2 is 2.05 bits per heavy atom. The van der Waals surface area contributed by atoms with Crippen LogP contribution in [0.5, 0.6) is 0 Å². The number of ether oxygens (including phenoxy) is 1. The van der Waals surface area contributed by atoms with E-state index in [-0.39, 0.29) is 23.9 Å². The molecule has 0 atom stereocenters. The highest BCUT2D eigenvalue weighted by Gasteiger charge is 2.17. The van der Waals surface area contributed by atoms with Gasteiger partial charge < -0.3 is 9.64 Å². The van der Waals surface area contributed by atoms with Gasteiger partial charge in [-0.3, -0.25) is 4.79 Å². The van der Waals surface area contributed by atoms with Crippen molar-refractivity contribution in [2.24, 2.45) is 0 Å². The third kappa shape index (κ3) is 5.36. The lowest BCUT2D eigenvalue weighted by atomic mass is 10.2. The smallest absolute Gasteiger partial charge is 0.240 e. The molecule has 0 saturated carbocycles. The maximum absolute atomic E-state index is 13.0. The normalized spacial score (nSPS) is 11.5. The van der Waals surface area contributed by atoms with Crippen molar-refractivity contribution in [3.05, 3.63) is 29.6 Å². The first-order valence-electron chi connectivity index (χ1n) is 6.78. The fourth-order valence-electron chi connectivity index (χ4n) is 1.94. The minimum atomic E-state index is -3.74. The maximum Gasteiger partial charge on any atom is 0.240 e. The number of sulfonamides is 1. The summed E-state index contributed by atoms with van der Waals surface area (Å²) in [5.41, 5.74) is 0.329. The van der Waals surface area contributed by atoms with Crippen LogP contribution in [0.1, 0.15) is 12.5 Å². The molecule has 1 aromatic carbocycles. The number of methoxy groups -OCH3 is 1. The predicted molar refractivity (Wildman–Crippen MR) is 80.5 cm³/mol. The summed E-state index contributed by atoms with van der Waals surface area (Å²) in [6.07, 6.45) is 0. The lowest BCUT2D eigenvalue weighted by molar-refractivity contribution is -0.129. The van der Waals surface area contributed by atoms with E-state index < -0.39 is 15.8 Å². The predicted octanol–water partition coefficient (Wildman–Crippen LogP) is 0.907. The third-order valence-corrected chi connectivity index (χ3v) is 4.73. The largest absolute Gasteiger partial charge is 0.383 e. The Labute approximate surface area is 130 Å². The number of halogens is 1. The Morgan fingerprint density at radius 3 is 2.59 bits per heavy atom. The van der Waals surface area contributed by atoms with Crippen LogP contribution in [-0.2, 0) is 19.6 Å². The summed E-state index contributed by atoms with van der Waals surface area (Å²) >= 11 is 0. The van der Waals surface area contributed by atoms with Gasteiger partial charge in [-0.1, -0.05) is 0 Å². The molecular formula is C14H21FN2O4S. The van der Waals surface area contributed by atoms with Crippen molar-refractivity contribution >= 4 is 15.9 Å². The van der Waals surface area contributed by atoms with Gasteiger partial charge in [-0.15, -0.1) is 0 Å². The summed E-state index contributed by atoms with van der Waals surface area (Å²) in [6, 6.07) is 3.48. The summed E-state index contributed by atoms with van der Waals surface area (Å²) < 4.78 is 44.7. The highest BCUT2D eigenvalue weighted by molar-refractivity contribution is 7.89. The second kappa shape index (κ2) is 8.21. The summed E-state index contributed by atoms with van der Waals surface area (Å²) in [6.45, 7) is 4.01. The van der Waals surface area contributed by atoms with E-state index in [2.05, 4.69) is 4.72 Å². The molecule has 22 heavy (non-hydrogen) atoms. The molecule has 1 N–H and O–H groups in total. The Balaban J connectivity index is 2.67. The summed E-state index contributed by atoms with van der Waals surface area (Å²) in [5.74, 6) is -0.645. The number of hydrogen-bond acceptors (Lipinski definition) is 4. The first-order chi connectivity index (χ1) is 10.3. The molecule has 0 aromatic heterocycles. The number of carbonyl (C=O) groups is 1. The van der Waals surface area contributed by atoms with Crippen LogP contribution in [0.25, 0.3) is 0 Å². The minimum Gasteiger partial charge on any atom is -0.383 e. The van der Waals surface area contributed by atoms with E-state index in [1.54, 1.807) is 0 Å². The SMILES string of the molecule is COCCN(CCNS(=O)(=O)c1ccc(F)cc1C)C(C)=O. The van der Waals surface area contributed by atoms with Gasteiger partial charge in [0.2, 0.25) is 15.9 Å². The molecule has 0 bridgehead atoms. The van der Waals surface area contributed by atoms with Crippen molar-refractivity contribution in [3.8, 4) is 0 Å². The van der Waals surface area contributed by atoms with E-state index in [1.807, 2.05) is 0 Å². The lowest BCUT2D eigenvalue weighted by Crippen LogP contribution is -2.39. The molecule has 8 heteroatoms. The molecule has 1 aromatic rings. The molecule has 1 rings (SSSR count). The molecule has 0 saturated heterocycles. The molecule has 0 unspecified atom stereocenters. The molecule has 1 amide bonds. The van der Waals surface area contributed by atoms with Gasteiger partial charge in [0.25, 0.3) is 0 Å². The zero-order valence-corrected chi connectivity index (χ0v) is 13.7. The Hall–Kier alpha value is -1.51. The van der Waals surface area contributed by atoms with Gasteiger partial charge in [0.15, 0.2) is 0 Å². The molecule has 0 heterocycles. The summed E-state index contributed by atoms with van der Waals surface area (Å²) in [7, 11) is -2.21. The lowest BCUT2D eigenvalue weighted by Gasteiger charge is -2.20. The van der Waals surface area contributed by atoms with Gasteiger partial charge in [0.05, 0.1) is 11.5 Å². The number of benzene rings is 1. The number of nitrogens with one attached hydrogen (secondary N) is 1. The van der Waals surface area contributed by atoms with Gasteiger partial charge in [-0.05, 0) is 30.7 Å². The van der Waals surface area contributed by atoms with Crippen molar-refractivity contribution < 1.29 is 22.3 Å². The fraction of sp³-hybridized carbons (Fsp3) is 0.500. The van der Waals surface area contributed by atoms with Crippen LogP contribution in [-0.4, -0.2) is 52.6 Å². The Bertz CT molecular complexity index is 619. The van der Waals surface area contributed by atoms with E-state index in [0.717, 1.165) is 12.1 Å². The topological polar surface area (TPSA) is 75.7 Å². The fourth-order valence-corrected chi connectivity index (χ4v) is 3.18. The standard InChI is InChI=1S/C14H21FN2O4S/c1-11-10-13(15)4-5-14(11)22(19,20)16-6-7-17(12(2)18)8-9-21-3/h4-5,10,16H,6-9H2,1-3H3. The van der Waals surface area contributed by atoms with Crippen molar-refractivity contribution in [2.75, 3.05) is 33.4 Å². The van der Waals surface area contributed by atoms with Crippen LogP contribution in [0.15, 0.2) is 23.1 Å². The van der Waals surface area contributed by atoms with E-state index in [1.165, 1.54) is 31.9 Å². The number of carbonyl (C=O) groups excluding carboxylic acids is 1.